The molecule has 0 fully saturated rings. The van der Waals surface area contributed by atoms with Crippen LogP contribution in [-0.4, -0.2) is 27.2 Å². The molecule has 33 heavy (non-hydrogen) atoms. The van der Waals surface area contributed by atoms with Crippen LogP contribution in [0.5, 0.6) is 0 Å². The molecular weight excluding hydrogens is 431 g/mol. The summed E-state index contributed by atoms with van der Waals surface area (Å²) in [7, 11) is 0. The van der Waals surface area contributed by atoms with E-state index in [0.29, 0.717) is 6.04 Å². The number of carboxylic acids is 1. The Morgan fingerprint density at radius 1 is 1.06 bits per heavy atom. The van der Waals surface area contributed by atoms with Gasteiger partial charge in [0, 0.05) is 12.6 Å². The number of rotatable bonds is 4. The first-order valence-electron chi connectivity index (χ1n) is 10.4. The normalized spacial score (nSPS) is 15.1. The fraction of sp³-hybridized carbons (Fsp3) is 0.200. The summed E-state index contributed by atoms with van der Waals surface area (Å²) in [5.41, 5.74) is 8.79. The number of carboxylic acid groups (broad SMARTS) is 1. The van der Waals surface area contributed by atoms with Gasteiger partial charge in [0.1, 0.15) is 0 Å². The molecule has 1 aromatic heterocycles. The van der Waals surface area contributed by atoms with Crippen LogP contribution in [-0.2, 0) is 17.8 Å². The molecule has 0 bridgehead atoms. The van der Waals surface area contributed by atoms with Crippen molar-refractivity contribution in [1.82, 2.24) is 15.3 Å². The molecule has 5 nitrogen and oxygen atoms in total. The van der Waals surface area contributed by atoms with Gasteiger partial charge in [-0.25, -0.2) is 9.78 Å². The minimum atomic E-state index is -5.08. The number of aryl methyl sites for hydroxylation is 1. The molecule has 0 spiro atoms. The Kier molecular flexibility index (Phi) is 6.46. The second kappa shape index (κ2) is 9.46. The summed E-state index contributed by atoms with van der Waals surface area (Å²) in [4.78, 5) is 16.4. The summed E-state index contributed by atoms with van der Waals surface area (Å²) in [5, 5.41) is 10.8. The summed E-state index contributed by atoms with van der Waals surface area (Å²) in [6.07, 6.45) is -0.964. The van der Waals surface area contributed by atoms with Gasteiger partial charge in [-0.05, 0) is 52.8 Å². The number of H-pyrrole nitrogens is 1. The van der Waals surface area contributed by atoms with Gasteiger partial charge in [0.15, 0.2) is 0 Å². The van der Waals surface area contributed by atoms with Gasteiger partial charge in [-0.1, -0.05) is 54.6 Å². The highest BCUT2D eigenvalue weighted by Gasteiger charge is 2.38. The lowest BCUT2D eigenvalue weighted by Gasteiger charge is -2.14. The number of fused-ring (bicyclic) bond motifs is 2. The number of aromatic amines is 1. The van der Waals surface area contributed by atoms with Crippen molar-refractivity contribution in [3.8, 4) is 11.1 Å². The smallest absolute Gasteiger partial charge is 0.475 e. The first-order chi connectivity index (χ1) is 15.8. The Bertz CT molecular complexity index is 1250. The van der Waals surface area contributed by atoms with E-state index in [2.05, 4.69) is 82.0 Å². The van der Waals surface area contributed by atoms with Crippen LogP contribution in [0.15, 0.2) is 73.1 Å². The molecule has 0 unspecified atom stereocenters. The van der Waals surface area contributed by atoms with Crippen LogP contribution in [0.25, 0.3) is 22.2 Å². The van der Waals surface area contributed by atoms with Gasteiger partial charge in [-0.15, -0.1) is 0 Å². The number of hydrogen-bond acceptors (Lipinski definition) is 3. The zero-order chi connectivity index (χ0) is 23.4. The van der Waals surface area contributed by atoms with Crippen LogP contribution in [0, 0.1) is 0 Å². The molecule has 8 heteroatoms. The number of imidazole rings is 1. The number of aromatic nitrogens is 2. The Labute approximate surface area is 188 Å². The summed E-state index contributed by atoms with van der Waals surface area (Å²) < 4.78 is 31.7. The molecule has 0 amide bonds. The van der Waals surface area contributed by atoms with Crippen molar-refractivity contribution < 1.29 is 23.1 Å². The number of nitrogens with one attached hydrogen (secondary N) is 2. The lowest BCUT2D eigenvalue weighted by atomic mass is 10.0. The Morgan fingerprint density at radius 2 is 1.76 bits per heavy atom. The topological polar surface area (TPSA) is 78.0 Å². The molecule has 4 aromatic rings. The largest absolute Gasteiger partial charge is 0.490 e. The maximum absolute atomic E-state index is 10.6. The molecule has 170 valence electrons. The molecule has 1 aliphatic carbocycles. The number of alkyl halides is 3. The summed E-state index contributed by atoms with van der Waals surface area (Å²) in [5.74, 6) is -2.76. The van der Waals surface area contributed by atoms with E-state index in [1.54, 1.807) is 6.33 Å². The third kappa shape index (κ3) is 5.40. The Balaban J connectivity index is 0.000000325. The molecule has 1 atom stereocenters. The maximum atomic E-state index is 10.6. The van der Waals surface area contributed by atoms with Gasteiger partial charge in [-0.3, -0.25) is 0 Å². The molecular formula is C25H22F3N3O2. The first-order valence-corrected chi connectivity index (χ1v) is 10.4. The van der Waals surface area contributed by atoms with E-state index < -0.39 is 12.1 Å². The van der Waals surface area contributed by atoms with Gasteiger partial charge in [0.05, 0.1) is 17.4 Å². The Morgan fingerprint density at radius 3 is 2.48 bits per heavy atom. The number of benzene rings is 3. The summed E-state index contributed by atoms with van der Waals surface area (Å²) in [6.45, 7) is 0.900. The van der Waals surface area contributed by atoms with E-state index in [-0.39, 0.29) is 0 Å². The zero-order valence-corrected chi connectivity index (χ0v) is 17.6. The van der Waals surface area contributed by atoms with Crippen molar-refractivity contribution in [2.45, 2.75) is 31.6 Å². The molecule has 5 rings (SSSR count). The van der Waals surface area contributed by atoms with Gasteiger partial charge >= 0.3 is 12.1 Å². The zero-order valence-electron chi connectivity index (χ0n) is 17.6. The second-order valence-corrected chi connectivity index (χ2v) is 7.81. The van der Waals surface area contributed by atoms with Crippen LogP contribution < -0.4 is 5.32 Å². The highest BCUT2D eigenvalue weighted by Crippen LogP contribution is 2.31. The van der Waals surface area contributed by atoms with Gasteiger partial charge in [-0.2, -0.15) is 13.2 Å². The van der Waals surface area contributed by atoms with Crippen molar-refractivity contribution in [3.05, 3.63) is 89.7 Å². The highest BCUT2D eigenvalue weighted by atomic mass is 19.4. The van der Waals surface area contributed by atoms with Gasteiger partial charge < -0.3 is 15.4 Å². The number of halogens is 3. The quantitative estimate of drug-likeness (QED) is 0.374. The van der Waals surface area contributed by atoms with Crippen molar-refractivity contribution in [1.29, 1.82) is 0 Å². The molecule has 1 heterocycles. The van der Waals surface area contributed by atoms with E-state index in [4.69, 9.17) is 9.90 Å². The Hall–Kier alpha value is -3.65. The van der Waals surface area contributed by atoms with E-state index >= 15 is 0 Å². The van der Waals surface area contributed by atoms with Crippen LogP contribution in [0.3, 0.4) is 0 Å². The number of nitrogens with zero attached hydrogens (tertiary/aromatic N) is 1. The lowest BCUT2D eigenvalue weighted by Crippen LogP contribution is -2.21. The van der Waals surface area contributed by atoms with Crippen LogP contribution in [0.1, 0.15) is 29.2 Å². The number of hydrogen-bond donors (Lipinski definition) is 3. The molecule has 0 radical (unpaired) electrons. The van der Waals surface area contributed by atoms with Crippen LogP contribution in [0.4, 0.5) is 13.2 Å². The molecule has 3 N–H and O–H groups in total. The van der Waals surface area contributed by atoms with Crippen LogP contribution in [0.2, 0.25) is 0 Å². The fourth-order valence-corrected chi connectivity index (χ4v) is 3.94. The summed E-state index contributed by atoms with van der Waals surface area (Å²) >= 11 is 0. The van der Waals surface area contributed by atoms with Crippen LogP contribution >= 0.6 is 0 Å². The fourth-order valence-electron chi connectivity index (χ4n) is 3.94. The van der Waals surface area contributed by atoms with E-state index in [1.807, 2.05) is 0 Å². The number of carbonyl (C=O) groups is 1. The third-order valence-electron chi connectivity index (χ3n) is 5.64. The minimum absolute atomic E-state index is 0.480. The van der Waals surface area contributed by atoms with E-state index in [0.717, 1.165) is 17.6 Å². The third-order valence-corrected chi connectivity index (χ3v) is 5.64. The van der Waals surface area contributed by atoms with E-state index in [1.165, 1.54) is 40.7 Å². The minimum Gasteiger partial charge on any atom is -0.475 e. The monoisotopic (exact) mass is 453 g/mol. The van der Waals surface area contributed by atoms with Gasteiger partial charge in [0.25, 0.3) is 0 Å². The van der Waals surface area contributed by atoms with Gasteiger partial charge in [0.2, 0.25) is 0 Å². The second-order valence-electron chi connectivity index (χ2n) is 7.81. The molecule has 0 saturated heterocycles. The van der Waals surface area contributed by atoms with Crippen molar-refractivity contribution in [2.75, 3.05) is 0 Å². The standard InChI is InChI=1S/C23H21N3.C2HF3O2/c1-2-4-20-18(3-1)9-11-21(20)24-14-16-5-7-17(8-6-16)19-10-12-22-23(13-19)26-15-25-22;3-2(4,5)1(6)7/h1-8,10,12-13,15,21,24H,9,11,14H2,(H,25,26);(H,6,7)/t21-;/m1./s1. The SMILES string of the molecule is O=C(O)C(F)(F)F.c1ccc2c(c1)CC[C@H]2NCc1ccc(-c2ccc3[nH]cnc3c2)cc1. The molecule has 0 aliphatic heterocycles. The van der Waals surface area contributed by atoms with Crippen molar-refractivity contribution in [3.63, 3.8) is 0 Å². The maximum Gasteiger partial charge on any atom is 0.490 e. The lowest BCUT2D eigenvalue weighted by molar-refractivity contribution is -0.192. The predicted octanol–water partition coefficient (Wildman–Crippen LogP) is 5.64. The molecule has 0 saturated carbocycles. The molecule has 1 aliphatic rings. The molecule has 3 aromatic carbocycles. The van der Waals surface area contributed by atoms with E-state index in [9.17, 15) is 13.2 Å². The average Bonchev–Trinajstić information content (AvgIpc) is 3.44. The van der Waals surface area contributed by atoms with Crippen molar-refractivity contribution >= 4 is 17.0 Å². The highest BCUT2D eigenvalue weighted by molar-refractivity contribution is 5.81. The predicted molar refractivity (Wildman–Crippen MR) is 120 cm³/mol. The number of aliphatic carboxylic acids is 1. The first kappa shape index (κ1) is 22.5. The summed E-state index contributed by atoms with van der Waals surface area (Å²) in [6, 6.07) is 24.5. The van der Waals surface area contributed by atoms with Crippen molar-refractivity contribution in [2.24, 2.45) is 0 Å². The average molecular weight is 453 g/mol.